The molecule has 1 amide bonds. The molecule has 0 bridgehead atoms. The standard InChI is InChI=1S/C25H27N5O4/c1-33-15-16-5-7-17(8-6-16)22(18-9-11-19(34-2)12-10-18)28-24(31)20-14-26-23(29-25(20)32)21-4-3-13-27-30-21/h3-5,7,9,11-14,18,22H,6,8,10,15H2,1-2H3,(H,28,31)(H,26,29,32). The Hall–Kier alpha value is -3.85. The highest BCUT2D eigenvalue weighted by atomic mass is 16.5. The maximum Gasteiger partial charge on any atom is 0.264 e. The second-order valence-electron chi connectivity index (χ2n) is 8.10. The highest BCUT2D eigenvalue weighted by Gasteiger charge is 2.28. The Morgan fingerprint density at radius 3 is 2.79 bits per heavy atom. The van der Waals surface area contributed by atoms with Crippen LogP contribution in [0.3, 0.4) is 0 Å². The van der Waals surface area contributed by atoms with E-state index in [4.69, 9.17) is 9.47 Å². The zero-order valence-corrected chi connectivity index (χ0v) is 19.2. The molecular formula is C25H27N5O4. The van der Waals surface area contributed by atoms with Crippen molar-refractivity contribution in [1.82, 2.24) is 25.5 Å². The van der Waals surface area contributed by atoms with Gasteiger partial charge in [-0.1, -0.05) is 18.2 Å². The predicted octanol–water partition coefficient (Wildman–Crippen LogP) is 2.72. The first-order valence-electron chi connectivity index (χ1n) is 11.1. The van der Waals surface area contributed by atoms with Gasteiger partial charge in [0, 0.05) is 25.4 Å². The molecule has 0 spiro atoms. The van der Waals surface area contributed by atoms with Crippen LogP contribution < -0.4 is 10.9 Å². The van der Waals surface area contributed by atoms with E-state index in [2.05, 4.69) is 31.6 Å². The largest absolute Gasteiger partial charge is 0.497 e. The van der Waals surface area contributed by atoms with Crippen molar-refractivity contribution in [2.45, 2.75) is 25.3 Å². The number of rotatable bonds is 8. The monoisotopic (exact) mass is 461 g/mol. The Bertz CT molecular complexity index is 1210. The van der Waals surface area contributed by atoms with Crippen molar-refractivity contribution in [3.05, 3.63) is 87.7 Å². The van der Waals surface area contributed by atoms with Crippen LogP contribution in [0.25, 0.3) is 11.5 Å². The Balaban J connectivity index is 1.58. The molecule has 2 unspecified atom stereocenters. The average molecular weight is 462 g/mol. The van der Waals surface area contributed by atoms with E-state index in [-0.39, 0.29) is 23.3 Å². The SMILES string of the molecule is COCC1=CC=C(C(NC(=O)c2cnc(-c3cccnn3)[nH]c2=O)C2C=CC(OC)=CC2)CC1. The van der Waals surface area contributed by atoms with E-state index in [0.717, 1.165) is 24.2 Å². The number of amides is 1. The predicted molar refractivity (Wildman–Crippen MR) is 127 cm³/mol. The van der Waals surface area contributed by atoms with E-state index in [1.807, 2.05) is 24.3 Å². The molecule has 9 heteroatoms. The van der Waals surface area contributed by atoms with Gasteiger partial charge >= 0.3 is 0 Å². The zero-order valence-electron chi connectivity index (χ0n) is 19.2. The summed E-state index contributed by atoms with van der Waals surface area (Å²) in [5.41, 5.74) is 2.13. The van der Waals surface area contributed by atoms with Crippen LogP contribution in [0.5, 0.6) is 0 Å². The van der Waals surface area contributed by atoms with E-state index < -0.39 is 11.5 Å². The fraction of sp³-hybridized carbons (Fsp3) is 0.320. The third-order valence-electron chi connectivity index (χ3n) is 5.91. The second kappa shape index (κ2) is 10.8. The molecule has 2 heterocycles. The summed E-state index contributed by atoms with van der Waals surface area (Å²) in [4.78, 5) is 32.7. The number of aromatic amines is 1. The number of carbonyl (C=O) groups excluding carboxylic acids is 1. The van der Waals surface area contributed by atoms with Gasteiger partial charge in [-0.2, -0.15) is 5.10 Å². The molecule has 0 radical (unpaired) electrons. The quantitative estimate of drug-likeness (QED) is 0.620. The molecule has 2 aliphatic carbocycles. The van der Waals surface area contributed by atoms with E-state index in [9.17, 15) is 9.59 Å². The van der Waals surface area contributed by atoms with Crippen LogP contribution in [0.15, 0.2) is 76.6 Å². The number of carbonyl (C=O) groups is 1. The minimum absolute atomic E-state index is 0.0254. The third-order valence-corrected chi connectivity index (χ3v) is 5.91. The number of nitrogens with zero attached hydrogens (tertiary/aromatic N) is 3. The van der Waals surface area contributed by atoms with Crippen molar-refractivity contribution >= 4 is 5.91 Å². The van der Waals surface area contributed by atoms with Gasteiger partial charge in [-0.05, 0) is 54.7 Å². The zero-order chi connectivity index (χ0) is 23.9. The van der Waals surface area contributed by atoms with Gasteiger partial charge in [0.15, 0.2) is 5.82 Å². The normalized spacial score (nSPS) is 18.4. The van der Waals surface area contributed by atoms with Gasteiger partial charge in [-0.3, -0.25) is 9.59 Å². The fourth-order valence-electron chi connectivity index (χ4n) is 4.09. The summed E-state index contributed by atoms with van der Waals surface area (Å²) >= 11 is 0. The Kier molecular flexibility index (Phi) is 7.44. The maximum atomic E-state index is 13.2. The summed E-state index contributed by atoms with van der Waals surface area (Å²) in [5, 5.41) is 10.8. The number of nitrogens with one attached hydrogen (secondary N) is 2. The van der Waals surface area contributed by atoms with Gasteiger partial charge in [0.1, 0.15) is 17.0 Å². The van der Waals surface area contributed by atoms with Gasteiger partial charge in [0.25, 0.3) is 11.5 Å². The van der Waals surface area contributed by atoms with E-state index in [1.54, 1.807) is 26.4 Å². The summed E-state index contributed by atoms with van der Waals surface area (Å²) in [6.45, 7) is 0.587. The number of aromatic nitrogens is 4. The molecule has 0 aromatic carbocycles. The second-order valence-corrected chi connectivity index (χ2v) is 8.10. The number of methoxy groups -OCH3 is 2. The fourth-order valence-corrected chi connectivity index (χ4v) is 4.09. The van der Waals surface area contributed by atoms with Gasteiger partial charge in [0.05, 0.1) is 19.8 Å². The summed E-state index contributed by atoms with van der Waals surface area (Å²) in [6, 6.07) is 3.09. The highest BCUT2D eigenvalue weighted by molar-refractivity contribution is 5.94. The molecule has 4 rings (SSSR count). The van der Waals surface area contributed by atoms with E-state index in [0.29, 0.717) is 18.7 Å². The summed E-state index contributed by atoms with van der Waals surface area (Å²) in [5.74, 6) is 0.593. The van der Waals surface area contributed by atoms with Crippen molar-refractivity contribution in [2.24, 2.45) is 5.92 Å². The van der Waals surface area contributed by atoms with Crippen LogP contribution in [0.4, 0.5) is 0 Å². The molecule has 2 atom stereocenters. The van der Waals surface area contributed by atoms with Crippen molar-refractivity contribution in [1.29, 1.82) is 0 Å². The van der Waals surface area contributed by atoms with E-state index >= 15 is 0 Å². The average Bonchev–Trinajstić information content (AvgIpc) is 2.88. The van der Waals surface area contributed by atoms with Crippen LogP contribution in [0.1, 0.15) is 29.6 Å². The number of hydrogen-bond donors (Lipinski definition) is 2. The van der Waals surface area contributed by atoms with Crippen LogP contribution in [0.2, 0.25) is 0 Å². The number of H-pyrrole nitrogens is 1. The molecule has 2 aromatic heterocycles. The molecule has 2 N–H and O–H groups in total. The topological polar surface area (TPSA) is 119 Å². The lowest BCUT2D eigenvalue weighted by Crippen LogP contribution is -2.43. The minimum Gasteiger partial charge on any atom is -0.497 e. The molecule has 9 nitrogen and oxygen atoms in total. The van der Waals surface area contributed by atoms with Crippen LogP contribution >= 0.6 is 0 Å². The first-order valence-corrected chi connectivity index (χ1v) is 11.1. The van der Waals surface area contributed by atoms with Crippen molar-refractivity contribution < 1.29 is 14.3 Å². The first kappa shape index (κ1) is 23.3. The molecule has 2 aliphatic rings. The summed E-state index contributed by atoms with van der Waals surface area (Å²) in [7, 11) is 3.31. The molecule has 0 fully saturated rings. The van der Waals surface area contributed by atoms with Crippen molar-refractivity contribution in [2.75, 3.05) is 20.8 Å². The number of hydrogen-bond acceptors (Lipinski definition) is 7. The maximum absolute atomic E-state index is 13.2. The Labute approximate surface area is 197 Å². The van der Waals surface area contributed by atoms with Crippen LogP contribution in [-0.2, 0) is 9.47 Å². The number of ether oxygens (including phenoxy) is 2. The minimum atomic E-state index is -0.535. The summed E-state index contributed by atoms with van der Waals surface area (Å²) < 4.78 is 10.5. The van der Waals surface area contributed by atoms with E-state index in [1.165, 1.54) is 18.0 Å². The number of allylic oxidation sites excluding steroid dienone is 4. The molecule has 0 aliphatic heterocycles. The smallest absolute Gasteiger partial charge is 0.264 e. The highest BCUT2D eigenvalue weighted by Crippen LogP contribution is 2.29. The summed E-state index contributed by atoms with van der Waals surface area (Å²) in [6.07, 6.45) is 15.2. The molecular weight excluding hydrogens is 434 g/mol. The van der Waals surface area contributed by atoms with Gasteiger partial charge < -0.3 is 19.8 Å². The molecule has 0 saturated carbocycles. The molecule has 34 heavy (non-hydrogen) atoms. The molecule has 2 aromatic rings. The molecule has 176 valence electrons. The lowest BCUT2D eigenvalue weighted by atomic mass is 9.83. The third kappa shape index (κ3) is 5.37. The lowest BCUT2D eigenvalue weighted by Gasteiger charge is -2.30. The van der Waals surface area contributed by atoms with Gasteiger partial charge in [-0.25, -0.2) is 4.98 Å². The van der Waals surface area contributed by atoms with Crippen LogP contribution in [-0.4, -0.2) is 52.9 Å². The first-order chi connectivity index (χ1) is 16.6. The Morgan fingerprint density at radius 1 is 1.29 bits per heavy atom. The lowest BCUT2D eigenvalue weighted by molar-refractivity contribution is 0.0932. The molecule has 0 saturated heterocycles. The van der Waals surface area contributed by atoms with Crippen LogP contribution in [0, 0.1) is 5.92 Å². The Morgan fingerprint density at radius 2 is 2.18 bits per heavy atom. The van der Waals surface area contributed by atoms with Crippen molar-refractivity contribution in [3.8, 4) is 11.5 Å². The van der Waals surface area contributed by atoms with Gasteiger partial charge in [-0.15, -0.1) is 5.10 Å². The van der Waals surface area contributed by atoms with Crippen molar-refractivity contribution in [3.63, 3.8) is 0 Å². The van der Waals surface area contributed by atoms with Gasteiger partial charge in [0.2, 0.25) is 0 Å².